The summed E-state index contributed by atoms with van der Waals surface area (Å²) in [5, 5.41) is 7.85. The number of nitrogens with two attached hydrogens (primary N) is 1. The molecule has 3 N–H and O–H groups in total. The van der Waals surface area contributed by atoms with Gasteiger partial charge in [-0.1, -0.05) is 49.4 Å². The lowest BCUT2D eigenvalue weighted by atomic mass is 9.83. The second kappa shape index (κ2) is 11.9. The van der Waals surface area contributed by atoms with Crippen LogP contribution in [0.4, 0.5) is 5.82 Å². The van der Waals surface area contributed by atoms with E-state index in [1.807, 2.05) is 18.2 Å². The van der Waals surface area contributed by atoms with Crippen molar-refractivity contribution in [1.29, 1.82) is 0 Å². The Morgan fingerprint density at radius 3 is 2.71 bits per heavy atom. The van der Waals surface area contributed by atoms with Crippen molar-refractivity contribution in [1.82, 2.24) is 20.1 Å². The molecular formula is C34H39N5O2. The minimum atomic E-state index is -0.480. The van der Waals surface area contributed by atoms with Crippen LogP contribution in [0.15, 0.2) is 60.8 Å². The van der Waals surface area contributed by atoms with Gasteiger partial charge in [-0.3, -0.25) is 0 Å². The van der Waals surface area contributed by atoms with Crippen LogP contribution in [0.3, 0.4) is 0 Å². The Morgan fingerprint density at radius 2 is 1.90 bits per heavy atom. The maximum atomic E-state index is 12.3. The number of aryl methyl sites for hydroxylation is 2. The molecule has 1 saturated heterocycles. The van der Waals surface area contributed by atoms with Gasteiger partial charge in [-0.05, 0) is 110 Å². The Labute approximate surface area is 242 Å². The molecule has 1 atom stereocenters. The van der Waals surface area contributed by atoms with Gasteiger partial charge in [0.2, 0.25) is 0 Å². The van der Waals surface area contributed by atoms with Gasteiger partial charge in [-0.2, -0.15) is 9.78 Å². The van der Waals surface area contributed by atoms with E-state index in [0.29, 0.717) is 17.7 Å². The summed E-state index contributed by atoms with van der Waals surface area (Å²) in [6, 6.07) is 19.7. The van der Waals surface area contributed by atoms with Gasteiger partial charge in [-0.15, -0.1) is 0 Å². The summed E-state index contributed by atoms with van der Waals surface area (Å²) in [5.41, 5.74) is 15.9. The maximum Gasteiger partial charge on any atom is 0.343 e. The number of hydrogen-bond donors (Lipinski definition) is 2. The quantitative estimate of drug-likeness (QED) is 0.262. The summed E-state index contributed by atoms with van der Waals surface area (Å²) >= 11 is 0. The first kappa shape index (κ1) is 27.2. The number of nitrogens with one attached hydrogen (secondary N) is 1. The average molecular weight is 550 g/mol. The van der Waals surface area contributed by atoms with Crippen molar-refractivity contribution in [3.8, 4) is 17.1 Å². The molecule has 0 radical (unpaired) electrons. The van der Waals surface area contributed by atoms with Crippen LogP contribution in [0.5, 0.6) is 0 Å². The number of nitrogen functional groups attached to an aromatic ring is 1. The molecular weight excluding hydrogens is 510 g/mol. The van der Waals surface area contributed by atoms with Gasteiger partial charge in [-0.25, -0.2) is 9.78 Å². The van der Waals surface area contributed by atoms with Gasteiger partial charge in [0.05, 0.1) is 18.5 Å². The lowest BCUT2D eigenvalue weighted by Gasteiger charge is -2.26. The number of anilines is 1. The molecule has 2 aliphatic rings. The van der Waals surface area contributed by atoms with E-state index in [-0.39, 0.29) is 18.0 Å². The Bertz CT molecular complexity index is 1550. The van der Waals surface area contributed by atoms with Crippen LogP contribution >= 0.6 is 0 Å². The van der Waals surface area contributed by atoms with Gasteiger partial charge in [0.1, 0.15) is 11.4 Å². The molecule has 7 nitrogen and oxygen atoms in total. The van der Waals surface area contributed by atoms with Gasteiger partial charge in [0.25, 0.3) is 0 Å². The third-order valence-electron chi connectivity index (χ3n) is 8.75. The molecule has 212 valence electrons. The smallest absolute Gasteiger partial charge is 0.343 e. The van der Waals surface area contributed by atoms with Crippen LogP contribution < -0.4 is 11.1 Å². The highest BCUT2D eigenvalue weighted by Crippen LogP contribution is 2.42. The number of carbonyl (C=O) groups is 1. The highest BCUT2D eigenvalue weighted by Gasteiger charge is 2.27. The van der Waals surface area contributed by atoms with Crippen LogP contribution in [0, 0.1) is 0 Å². The van der Waals surface area contributed by atoms with E-state index in [2.05, 4.69) is 53.7 Å². The first-order valence-corrected chi connectivity index (χ1v) is 15.0. The maximum absolute atomic E-state index is 12.3. The number of aromatic nitrogens is 3. The van der Waals surface area contributed by atoms with E-state index in [4.69, 9.17) is 15.5 Å². The summed E-state index contributed by atoms with van der Waals surface area (Å²) in [6.07, 6.45) is 8.22. The van der Waals surface area contributed by atoms with Crippen molar-refractivity contribution in [3.05, 3.63) is 94.2 Å². The fourth-order valence-electron chi connectivity index (χ4n) is 6.72. The van der Waals surface area contributed by atoms with Crippen LogP contribution in [0.2, 0.25) is 0 Å². The fourth-order valence-corrected chi connectivity index (χ4v) is 6.72. The van der Waals surface area contributed by atoms with E-state index in [1.165, 1.54) is 46.0 Å². The lowest BCUT2D eigenvalue weighted by Crippen LogP contribution is -2.27. The molecule has 1 aliphatic heterocycles. The molecule has 0 unspecified atom stereocenters. The number of ether oxygens (including phenoxy) is 1. The molecule has 2 aromatic heterocycles. The molecule has 0 amide bonds. The van der Waals surface area contributed by atoms with Crippen molar-refractivity contribution < 1.29 is 9.53 Å². The molecule has 1 fully saturated rings. The Balaban J connectivity index is 1.29. The Kier molecular flexibility index (Phi) is 7.88. The molecule has 1 aliphatic carbocycles. The number of esters is 1. The predicted octanol–water partition coefficient (Wildman–Crippen LogP) is 6.00. The standard InChI is InChI=1S/C34H39N5O2/c1-3-23-19-22(11-14-27(23)24-15-17-36-18-16-24)20-26-13-12-25-7-5-8-28(32(25)26)30-9-6-10-31(38-30)39-33(35)29(21-37-39)34(40)41-4-2/h5-11,14,19,21,24,26,36H,3-4,12-13,15-18,20,35H2,1-2H3/t26-/m1/s1. The number of fused-ring (bicyclic) bond motifs is 1. The highest BCUT2D eigenvalue weighted by molar-refractivity contribution is 5.94. The zero-order valence-corrected chi connectivity index (χ0v) is 24.0. The van der Waals surface area contributed by atoms with E-state index in [9.17, 15) is 4.79 Å². The van der Waals surface area contributed by atoms with Crippen LogP contribution in [-0.2, 0) is 24.0 Å². The van der Waals surface area contributed by atoms with Crippen LogP contribution in [0.25, 0.3) is 17.1 Å². The Morgan fingerprint density at radius 1 is 1.07 bits per heavy atom. The Hall–Kier alpha value is -3.97. The average Bonchev–Trinajstić information content (AvgIpc) is 3.61. The van der Waals surface area contributed by atoms with Crippen LogP contribution in [-0.4, -0.2) is 40.4 Å². The van der Waals surface area contributed by atoms with Crippen molar-refractivity contribution in [2.75, 3.05) is 25.4 Å². The predicted molar refractivity (Wildman–Crippen MR) is 163 cm³/mol. The number of rotatable bonds is 8. The second-order valence-corrected chi connectivity index (χ2v) is 11.2. The first-order chi connectivity index (χ1) is 20.1. The summed E-state index contributed by atoms with van der Waals surface area (Å²) in [5.74, 6) is 1.43. The number of nitrogens with zero attached hydrogens (tertiary/aromatic N) is 3. The molecule has 0 bridgehead atoms. The molecule has 0 spiro atoms. The van der Waals surface area contributed by atoms with Gasteiger partial charge >= 0.3 is 5.97 Å². The fraction of sp³-hybridized carbons (Fsp3) is 0.382. The van der Waals surface area contributed by atoms with Crippen molar-refractivity contribution in [2.45, 2.75) is 64.2 Å². The van der Waals surface area contributed by atoms with Crippen molar-refractivity contribution >= 4 is 11.8 Å². The second-order valence-electron chi connectivity index (χ2n) is 11.2. The number of hydrogen-bond acceptors (Lipinski definition) is 6. The van der Waals surface area contributed by atoms with Crippen molar-refractivity contribution in [2.24, 2.45) is 0 Å². The SMILES string of the molecule is CCOC(=O)c1cnn(-c2cccc(-c3cccc4c3[C@@H](Cc3ccc(C5CCNCC5)c(CC)c3)CC4)n2)c1N. The minimum Gasteiger partial charge on any atom is -0.462 e. The van der Waals surface area contributed by atoms with Gasteiger partial charge in [0, 0.05) is 5.56 Å². The van der Waals surface area contributed by atoms with Crippen molar-refractivity contribution in [3.63, 3.8) is 0 Å². The zero-order valence-electron chi connectivity index (χ0n) is 24.0. The molecule has 2 aromatic carbocycles. The third-order valence-corrected chi connectivity index (χ3v) is 8.75. The van der Waals surface area contributed by atoms with E-state index < -0.39 is 5.97 Å². The number of carbonyl (C=O) groups excluding carboxylic acids is 1. The minimum absolute atomic E-state index is 0.226. The molecule has 6 rings (SSSR count). The molecule has 4 aromatic rings. The van der Waals surface area contributed by atoms with Gasteiger partial charge < -0.3 is 15.8 Å². The zero-order chi connectivity index (χ0) is 28.3. The first-order valence-electron chi connectivity index (χ1n) is 15.0. The molecule has 3 heterocycles. The monoisotopic (exact) mass is 549 g/mol. The van der Waals surface area contributed by atoms with Gasteiger partial charge in [0.15, 0.2) is 5.82 Å². The van der Waals surface area contributed by atoms with E-state index >= 15 is 0 Å². The lowest BCUT2D eigenvalue weighted by molar-refractivity contribution is 0.0527. The summed E-state index contributed by atoms with van der Waals surface area (Å²) in [6.45, 7) is 6.56. The summed E-state index contributed by atoms with van der Waals surface area (Å²) < 4.78 is 6.63. The van der Waals surface area contributed by atoms with Crippen LogP contribution in [0.1, 0.15) is 83.1 Å². The number of pyridine rings is 1. The summed E-state index contributed by atoms with van der Waals surface area (Å²) in [4.78, 5) is 17.2. The topological polar surface area (TPSA) is 95.1 Å². The normalized spacial score (nSPS) is 17.0. The molecule has 41 heavy (non-hydrogen) atoms. The molecule has 7 heteroatoms. The largest absolute Gasteiger partial charge is 0.462 e. The van der Waals surface area contributed by atoms with E-state index in [1.54, 1.807) is 12.5 Å². The number of benzene rings is 2. The molecule has 0 saturated carbocycles. The summed E-state index contributed by atoms with van der Waals surface area (Å²) in [7, 11) is 0. The van der Waals surface area contributed by atoms with E-state index in [0.717, 1.165) is 50.0 Å². The third kappa shape index (κ3) is 5.38. The number of piperidine rings is 1. The highest BCUT2D eigenvalue weighted by atomic mass is 16.5.